The number of carbonyl (C=O) groups excluding carboxylic acids is 1. The van der Waals surface area contributed by atoms with Crippen molar-refractivity contribution in [1.29, 1.82) is 0 Å². The van der Waals surface area contributed by atoms with E-state index < -0.39 is 0 Å². The van der Waals surface area contributed by atoms with Crippen LogP contribution < -0.4 is 14.8 Å². The van der Waals surface area contributed by atoms with Crippen LogP contribution in [0.1, 0.15) is 37.1 Å². The van der Waals surface area contributed by atoms with Gasteiger partial charge in [-0.05, 0) is 44.2 Å². The molecule has 4 rings (SSSR count). The van der Waals surface area contributed by atoms with Gasteiger partial charge in [-0.25, -0.2) is 0 Å². The van der Waals surface area contributed by atoms with Crippen molar-refractivity contribution >= 4 is 17.2 Å². The van der Waals surface area contributed by atoms with Gasteiger partial charge in [0.2, 0.25) is 0 Å². The first-order valence-electron chi connectivity index (χ1n) is 9.34. The first-order chi connectivity index (χ1) is 13.0. The van der Waals surface area contributed by atoms with Crippen molar-refractivity contribution < 1.29 is 19.0 Å². The van der Waals surface area contributed by atoms with Crippen LogP contribution in [0.5, 0.6) is 11.5 Å². The van der Waals surface area contributed by atoms with E-state index in [2.05, 4.69) is 25.2 Å². The van der Waals surface area contributed by atoms with Crippen LogP contribution in [0.15, 0.2) is 35.7 Å². The Balaban J connectivity index is 1.44. The molecule has 1 N–H and O–H groups in total. The summed E-state index contributed by atoms with van der Waals surface area (Å²) in [6, 6.07) is 9.95. The van der Waals surface area contributed by atoms with Gasteiger partial charge >= 0.3 is 0 Å². The molecule has 3 heterocycles. The van der Waals surface area contributed by atoms with Gasteiger partial charge < -0.3 is 19.5 Å². The van der Waals surface area contributed by atoms with Crippen molar-refractivity contribution in [3.63, 3.8) is 0 Å². The van der Waals surface area contributed by atoms with E-state index in [9.17, 15) is 4.79 Å². The molecule has 1 amide bonds. The summed E-state index contributed by atoms with van der Waals surface area (Å²) < 4.78 is 17.4. The number of para-hydroxylation sites is 1. The molecule has 6 heteroatoms. The quantitative estimate of drug-likeness (QED) is 0.851. The molecule has 1 fully saturated rings. The van der Waals surface area contributed by atoms with Crippen molar-refractivity contribution in [3.05, 3.63) is 46.2 Å². The lowest BCUT2D eigenvalue weighted by atomic mass is 9.88. The summed E-state index contributed by atoms with van der Waals surface area (Å²) >= 11 is 1.67. The van der Waals surface area contributed by atoms with Crippen molar-refractivity contribution in [2.24, 2.45) is 0 Å². The molecule has 2 aliphatic rings. The van der Waals surface area contributed by atoms with Crippen molar-refractivity contribution in [2.75, 3.05) is 19.8 Å². The number of amides is 1. The lowest BCUT2D eigenvalue weighted by Gasteiger charge is -2.37. The number of hydrogen-bond acceptors (Lipinski definition) is 5. The van der Waals surface area contributed by atoms with Crippen LogP contribution in [-0.2, 0) is 21.5 Å². The summed E-state index contributed by atoms with van der Waals surface area (Å²) in [7, 11) is 0. The molecule has 0 bridgehead atoms. The van der Waals surface area contributed by atoms with Crippen LogP contribution in [0, 0.1) is 0 Å². The van der Waals surface area contributed by atoms with Crippen LogP contribution in [0.2, 0.25) is 0 Å². The fourth-order valence-corrected chi connectivity index (χ4v) is 4.79. The Hall–Kier alpha value is -2.05. The molecule has 5 nitrogen and oxygen atoms in total. The smallest absolute Gasteiger partial charge is 0.258 e. The molecule has 2 aliphatic heterocycles. The molecule has 0 saturated carbocycles. The van der Waals surface area contributed by atoms with Gasteiger partial charge in [0, 0.05) is 30.1 Å². The van der Waals surface area contributed by atoms with E-state index in [1.807, 2.05) is 29.6 Å². The molecule has 2 aromatic rings. The monoisotopic (exact) mass is 387 g/mol. The minimum Gasteiger partial charge on any atom is -0.483 e. The standard InChI is InChI=1S/C21H25NO4S/c1-20(2)13-15-5-3-6-16(19(15)26-20)25-14-18(23)22-21(8-10-24-11-9-21)17-7-4-12-27-17/h3-7,12H,8-11,13-14H2,1-2H3,(H,22,23). The van der Waals surface area contributed by atoms with Crippen LogP contribution in [0.4, 0.5) is 0 Å². The fraction of sp³-hybridized carbons (Fsp3) is 0.476. The van der Waals surface area contributed by atoms with E-state index in [0.717, 1.165) is 30.6 Å². The molecule has 1 aromatic carbocycles. The van der Waals surface area contributed by atoms with Gasteiger partial charge in [-0.15, -0.1) is 11.3 Å². The fourth-order valence-electron chi connectivity index (χ4n) is 3.85. The van der Waals surface area contributed by atoms with E-state index in [0.29, 0.717) is 19.0 Å². The highest BCUT2D eigenvalue weighted by molar-refractivity contribution is 7.10. The number of ether oxygens (including phenoxy) is 3. The van der Waals surface area contributed by atoms with Crippen LogP contribution in [0.25, 0.3) is 0 Å². The molecule has 144 valence electrons. The third kappa shape index (κ3) is 3.82. The summed E-state index contributed by atoms with van der Waals surface area (Å²) in [5.74, 6) is 1.26. The zero-order valence-electron chi connectivity index (χ0n) is 15.7. The number of benzene rings is 1. The van der Waals surface area contributed by atoms with E-state index in [4.69, 9.17) is 14.2 Å². The molecule has 0 spiro atoms. The molecule has 1 aromatic heterocycles. The topological polar surface area (TPSA) is 56.8 Å². The van der Waals surface area contributed by atoms with E-state index in [1.54, 1.807) is 11.3 Å². The Bertz CT molecular complexity index is 810. The maximum absolute atomic E-state index is 12.7. The number of hydrogen-bond donors (Lipinski definition) is 1. The molecule has 0 atom stereocenters. The van der Waals surface area contributed by atoms with Gasteiger partial charge in [-0.3, -0.25) is 4.79 Å². The second-order valence-electron chi connectivity index (χ2n) is 7.79. The van der Waals surface area contributed by atoms with Crippen molar-refractivity contribution in [2.45, 2.75) is 44.2 Å². The number of rotatable bonds is 5. The lowest BCUT2D eigenvalue weighted by Crippen LogP contribution is -2.50. The predicted molar refractivity (Wildman–Crippen MR) is 105 cm³/mol. The Morgan fingerprint density at radius 3 is 2.78 bits per heavy atom. The SMILES string of the molecule is CC1(C)Cc2cccc(OCC(=O)NC3(c4cccs4)CCOCC3)c2O1. The normalized spacial score (nSPS) is 19.8. The zero-order valence-corrected chi connectivity index (χ0v) is 16.6. The number of fused-ring (bicyclic) bond motifs is 1. The van der Waals surface area contributed by atoms with Crippen LogP contribution in [0.3, 0.4) is 0 Å². The third-order valence-corrected chi connectivity index (χ3v) is 6.21. The van der Waals surface area contributed by atoms with E-state index in [-0.39, 0.29) is 23.7 Å². The van der Waals surface area contributed by atoms with Gasteiger partial charge in [-0.2, -0.15) is 0 Å². The van der Waals surface area contributed by atoms with Gasteiger partial charge in [-0.1, -0.05) is 18.2 Å². The van der Waals surface area contributed by atoms with Crippen molar-refractivity contribution in [1.82, 2.24) is 5.32 Å². The second-order valence-corrected chi connectivity index (χ2v) is 8.74. The largest absolute Gasteiger partial charge is 0.483 e. The second kappa shape index (κ2) is 7.17. The Kier molecular flexibility index (Phi) is 4.86. The lowest BCUT2D eigenvalue weighted by molar-refractivity contribution is -0.126. The minimum absolute atomic E-state index is 0.0335. The highest BCUT2D eigenvalue weighted by Gasteiger charge is 2.37. The summed E-state index contributed by atoms with van der Waals surface area (Å²) in [6.07, 6.45) is 2.39. The maximum atomic E-state index is 12.7. The number of nitrogens with one attached hydrogen (secondary N) is 1. The third-order valence-electron chi connectivity index (χ3n) is 5.13. The summed E-state index contributed by atoms with van der Waals surface area (Å²) in [6.45, 7) is 5.37. The van der Waals surface area contributed by atoms with Gasteiger partial charge in [0.15, 0.2) is 18.1 Å². The Morgan fingerprint density at radius 1 is 1.22 bits per heavy atom. The molecule has 0 aliphatic carbocycles. The first kappa shape index (κ1) is 18.3. The van der Waals surface area contributed by atoms with E-state index in [1.165, 1.54) is 4.88 Å². The molecular weight excluding hydrogens is 362 g/mol. The average molecular weight is 388 g/mol. The first-order valence-corrected chi connectivity index (χ1v) is 10.2. The number of thiophene rings is 1. The van der Waals surface area contributed by atoms with Gasteiger partial charge in [0.25, 0.3) is 5.91 Å². The van der Waals surface area contributed by atoms with Gasteiger partial charge in [0.1, 0.15) is 5.60 Å². The van der Waals surface area contributed by atoms with Gasteiger partial charge in [0.05, 0.1) is 5.54 Å². The maximum Gasteiger partial charge on any atom is 0.258 e. The summed E-state index contributed by atoms with van der Waals surface area (Å²) in [5, 5.41) is 5.26. The highest BCUT2D eigenvalue weighted by atomic mass is 32.1. The average Bonchev–Trinajstić information content (AvgIpc) is 3.27. The predicted octanol–water partition coefficient (Wildman–Crippen LogP) is 3.66. The number of carbonyl (C=O) groups is 1. The summed E-state index contributed by atoms with van der Waals surface area (Å²) in [5.41, 5.74) is 0.525. The molecule has 0 radical (unpaired) electrons. The molecule has 1 saturated heterocycles. The van der Waals surface area contributed by atoms with Crippen molar-refractivity contribution in [3.8, 4) is 11.5 Å². The van der Waals surface area contributed by atoms with Crippen LogP contribution >= 0.6 is 11.3 Å². The Morgan fingerprint density at radius 2 is 2.04 bits per heavy atom. The van der Waals surface area contributed by atoms with E-state index >= 15 is 0 Å². The Labute approximate surface area is 163 Å². The van der Waals surface area contributed by atoms with Crippen LogP contribution in [-0.4, -0.2) is 31.3 Å². The molecule has 0 unspecified atom stereocenters. The molecular formula is C21H25NO4S. The minimum atomic E-state index is -0.357. The zero-order chi connectivity index (χ0) is 18.9. The summed E-state index contributed by atoms with van der Waals surface area (Å²) in [4.78, 5) is 13.9. The molecule has 27 heavy (non-hydrogen) atoms. The highest BCUT2D eigenvalue weighted by Crippen LogP contribution is 2.41.